The zero-order chi connectivity index (χ0) is 26.1. The maximum Gasteiger partial charge on any atom is 0.275 e. The Morgan fingerprint density at radius 1 is 1.14 bits per heavy atom. The van der Waals surface area contributed by atoms with Crippen molar-refractivity contribution in [1.82, 2.24) is 24.6 Å². The minimum atomic E-state index is -0.479. The van der Waals surface area contributed by atoms with Gasteiger partial charge in [0.2, 0.25) is 11.8 Å². The van der Waals surface area contributed by atoms with E-state index in [1.54, 1.807) is 4.90 Å². The van der Waals surface area contributed by atoms with E-state index >= 15 is 0 Å². The van der Waals surface area contributed by atoms with E-state index in [1.807, 2.05) is 18.7 Å². The lowest BCUT2D eigenvalue weighted by atomic mass is 9.96. The molecule has 2 amide bonds. The summed E-state index contributed by atoms with van der Waals surface area (Å²) in [4.78, 5) is 38.4. The molecule has 2 fully saturated rings. The predicted octanol–water partition coefficient (Wildman–Crippen LogP) is 1.55. The minimum Gasteiger partial charge on any atom is -0.447 e. The molecule has 10 heteroatoms. The summed E-state index contributed by atoms with van der Waals surface area (Å²) in [5, 5.41) is 10.2. The number of hydrogen-bond donors (Lipinski definition) is 1. The number of oxazole rings is 1. The molecule has 0 saturated carbocycles. The van der Waals surface area contributed by atoms with Gasteiger partial charge in [-0.1, -0.05) is 13.8 Å². The van der Waals surface area contributed by atoms with Gasteiger partial charge in [0.15, 0.2) is 5.69 Å². The number of amides is 2. The van der Waals surface area contributed by atoms with Gasteiger partial charge in [-0.3, -0.25) is 19.4 Å². The number of ether oxygens (including phenoxy) is 1. The number of carbonyl (C=O) groups is 2. The van der Waals surface area contributed by atoms with Crippen LogP contribution in [0.3, 0.4) is 0 Å². The van der Waals surface area contributed by atoms with Crippen molar-refractivity contribution in [2.75, 3.05) is 72.1 Å². The maximum absolute atomic E-state index is 13.1. The summed E-state index contributed by atoms with van der Waals surface area (Å²) in [5.74, 6) is 0.811. The fourth-order valence-corrected chi connectivity index (χ4v) is 4.91. The van der Waals surface area contributed by atoms with Gasteiger partial charge in [0.1, 0.15) is 6.26 Å². The number of hydrogen-bond acceptors (Lipinski definition) is 8. The second kappa shape index (κ2) is 14.1. The number of aliphatic hydroxyl groups is 1. The lowest BCUT2D eigenvalue weighted by molar-refractivity contribution is -0.136. The summed E-state index contributed by atoms with van der Waals surface area (Å²) in [7, 11) is 0. The molecule has 2 atom stereocenters. The average molecular weight is 508 g/mol. The average Bonchev–Trinajstić information content (AvgIpc) is 3.33. The first kappa shape index (κ1) is 28.6. The number of nitrogens with zero attached hydrogens (tertiary/aromatic N) is 5. The molecule has 2 aliphatic rings. The molecular weight excluding hydrogens is 462 g/mol. The molecule has 0 bridgehead atoms. The maximum atomic E-state index is 13.1. The van der Waals surface area contributed by atoms with E-state index in [2.05, 4.69) is 28.6 Å². The molecule has 2 saturated heterocycles. The van der Waals surface area contributed by atoms with Crippen molar-refractivity contribution >= 4 is 11.8 Å². The molecule has 0 unspecified atom stereocenters. The zero-order valence-electron chi connectivity index (χ0n) is 22.5. The van der Waals surface area contributed by atoms with Crippen molar-refractivity contribution in [3.8, 4) is 0 Å². The summed E-state index contributed by atoms with van der Waals surface area (Å²) in [5.41, 5.74) is 0.309. The standard InChI is InChI=1S/C26H45N5O5/c1-5-30(6-2)25(33)21-8-7-9-31(14-21)26(34)23-19-36-24(27-23)16-29-12-10-28(11-13-29)15-22(32)18-35-17-20(3)4/h19-22,32H,5-18H2,1-4H3/t21-,22-/m1/s1. The Morgan fingerprint density at radius 3 is 2.50 bits per heavy atom. The van der Waals surface area contributed by atoms with Crippen LogP contribution in [0.25, 0.3) is 0 Å². The van der Waals surface area contributed by atoms with Gasteiger partial charge in [-0.15, -0.1) is 0 Å². The first-order valence-electron chi connectivity index (χ1n) is 13.5. The first-order valence-corrected chi connectivity index (χ1v) is 13.5. The van der Waals surface area contributed by atoms with E-state index in [0.717, 1.165) is 39.0 Å². The highest BCUT2D eigenvalue weighted by Gasteiger charge is 2.32. The molecule has 0 aliphatic carbocycles. The Balaban J connectivity index is 1.43. The molecule has 2 aliphatic heterocycles. The van der Waals surface area contributed by atoms with Gasteiger partial charge in [-0.2, -0.15) is 0 Å². The first-order chi connectivity index (χ1) is 17.3. The lowest BCUT2D eigenvalue weighted by Gasteiger charge is -2.35. The monoisotopic (exact) mass is 507 g/mol. The minimum absolute atomic E-state index is 0.132. The molecule has 1 N–H and O–H groups in total. The lowest BCUT2D eigenvalue weighted by Crippen LogP contribution is -2.48. The van der Waals surface area contributed by atoms with Crippen molar-refractivity contribution in [2.45, 2.75) is 53.2 Å². The van der Waals surface area contributed by atoms with Gasteiger partial charge in [0, 0.05) is 65.5 Å². The molecule has 0 spiro atoms. The summed E-state index contributed by atoms with van der Waals surface area (Å²) < 4.78 is 11.2. The molecule has 1 aromatic heterocycles. The predicted molar refractivity (Wildman–Crippen MR) is 136 cm³/mol. The van der Waals surface area contributed by atoms with Crippen LogP contribution in [0.2, 0.25) is 0 Å². The Kier molecular flexibility index (Phi) is 11.2. The number of rotatable bonds is 12. The van der Waals surface area contributed by atoms with E-state index < -0.39 is 6.10 Å². The van der Waals surface area contributed by atoms with Gasteiger partial charge in [0.25, 0.3) is 5.91 Å². The van der Waals surface area contributed by atoms with Crippen molar-refractivity contribution < 1.29 is 23.8 Å². The van der Waals surface area contributed by atoms with E-state index in [9.17, 15) is 14.7 Å². The third-order valence-corrected chi connectivity index (χ3v) is 6.96. The highest BCUT2D eigenvalue weighted by molar-refractivity contribution is 5.92. The van der Waals surface area contributed by atoms with Crippen LogP contribution in [0.15, 0.2) is 10.7 Å². The van der Waals surface area contributed by atoms with Crippen molar-refractivity contribution in [1.29, 1.82) is 0 Å². The van der Waals surface area contributed by atoms with Crippen LogP contribution in [0.4, 0.5) is 0 Å². The second-order valence-electron chi connectivity index (χ2n) is 10.4. The van der Waals surface area contributed by atoms with Crippen LogP contribution in [-0.4, -0.2) is 120 Å². The van der Waals surface area contributed by atoms with E-state index in [1.165, 1.54) is 6.26 Å². The quantitative estimate of drug-likeness (QED) is 0.455. The second-order valence-corrected chi connectivity index (χ2v) is 10.4. The largest absolute Gasteiger partial charge is 0.447 e. The van der Waals surface area contributed by atoms with Gasteiger partial charge in [-0.25, -0.2) is 4.98 Å². The normalized spacial score (nSPS) is 20.6. The number of aromatic nitrogens is 1. The highest BCUT2D eigenvalue weighted by Crippen LogP contribution is 2.21. The number of carbonyl (C=O) groups excluding carboxylic acids is 2. The molecule has 3 rings (SSSR count). The molecule has 10 nitrogen and oxygen atoms in total. The summed E-state index contributed by atoms with van der Waals surface area (Å²) in [6.07, 6.45) is 2.60. The van der Waals surface area contributed by atoms with Gasteiger partial charge in [0.05, 0.1) is 25.2 Å². The zero-order valence-corrected chi connectivity index (χ0v) is 22.5. The van der Waals surface area contributed by atoms with E-state index in [4.69, 9.17) is 9.15 Å². The molecule has 204 valence electrons. The van der Waals surface area contributed by atoms with Crippen molar-refractivity contribution in [3.63, 3.8) is 0 Å². The SMILES string of the molecule is CCN(CC)C(=O)[C@@H]1CCCN(C(=O)c2coc(CN3CCN(C[C@@H](O)COCC(C)C)CC3)n2)C1. The topological polar surface area (TPSA) is 103 Å². The Morgan fingerprint density at radius 2 is 1.83 bits per heavy atom. The Labute approximate surface area is 215 Å². The van der Waals surface area contributed by atoms with Crippen LogP contribution >= 0.6 is 0 Å². The van der Waals surface area contributed by atoms with Crippen LogP contribution in [0.5, 0.6) is 0 Å². The molecule has 1 aromatic rings. The number of piperidine rings is 1. The van der Waals surface area contributed by atoms with Crippen LogP contribution in [0.1, 0.15) is 56.9 Å². The van der Waals surface area contributed by atoms with Gasteiger partial charge < -0.3 is 24.1 Å². The van der Waals surface area contributed by atoms with Crippen LogP contribution in [-0.2, 0) is 16.1 Å². The van der Waals surface area contributed by atoms with Crippen molar-refractivity contribution in [3.05, 3.63) is 17.8 Å². The molecule has 0 radical (unpaired) electrons. The summed E-state index contributed by atoms with van der Waals surface area (Å²) in [6, 6.07) is 0. The number of aliphatic hydroxyl groups excluding tert-OH is 1. The molecule has 3 heterocycles. The molecule has 0 aromatic carbocycles. The smallest absolute Gasteiger partial charge is 0.275 e. The fraction of sp³-hybridized carbons (Fsp3) is 0.808. The fourth-order valence-electron chi connectivity index (χ4n) is 4.91. The van der Waals surface area contributed by atoms with E-state index in [0.29, 0.717) is 70.0 Å². The van der Waals surface area contributed by atoms with Crippen molar-refractivity contribution in [2.24, 2.45) is 11.8 Å². The van der Waals surface area contributed by atoms with Gasteiger partial charge in [-0.05, 0) is 32.6 Å². The highest BCUT2D eigenvalue weighted by atomic mass is 16.5. The van der Waals surface area contributed by atoms with Crippen LogP contribution in [0, 0.1) is 11.8 Å². The summed E-state index contributed by atoms with van der Waals surface area (Å²) >= 11 is 0. The molecular formula is C26H45N5O5. The summed E-state index contributed by atoms with van der Waals surface area (Å²) in [6.45, 7) is 16.2. The van der Waals surface area contributed by atoms with E-state index in [-0.39, 0.29) is 17.7 Å². The number of likely N-dealkylation sites (tertiary alicyclic amines) is 1. The molecule has 36 heavy (non-hydrogen) atoms. The third-order valence-electron chi connectivity index (χ3n) is 6.96. The van der Waals surface area contributed by atoms with Crippen LogP contribution < -0.4 is 0 Å². The number of piperazine rings is 1. The third kappa shape index (κ3) is 8.26. The number of β-amino-alcohol motifs (C(OH)–C–C–N with tert-alkyl or cyclic N) is 1. The Hall–Kier alpha value is -2.01. The Bertz CT molecular complexity index is 819. The van der Waals surface area contributed by atoms with Gasteiger partial charge >= 0.3 is 0 Å².